The van der Waals surface area contributed by atoms with Crippen molar-refractivity contribution in [1.29, 1.82) is 0 Å². The zero-order valence-electron chi connectivity index (χ0n) is 17.6. The Morgan fingerprint density at radius 3 is 2.73 bits per heavy atom. The standard InChI is InChI=1S/C21H19Cl2N7O3/c1-11(2)32-10-15(20(31)27-16-6-5-12(22)8-25-16)33-21-13-9-26-30-18(13)28-19(29-21)17-14(23)4-3-7-24-17/h3-9,11,15H,10H2,1-2H3,(H,25,27,31)(H,26,28,29,30)/t15-/m0/s1. The number of pyridine rings is 2. The molecular formula is C21H19Cl2N7O3. The molecule has 0 bridgehead atoms. The predicted molar refractivity (Wildman–Crippen MR) is 123 cm³/mol. The van der Waals surface area contributed by atoms with Gasteiger partial charge in [0.1, 0.15) is 16.9 Å². The van der Waals surface area contributed by atoms with Crippen molar-refractivity contribution in [2.75, 3.05) is 11.9 Å². The lowest BCUT2D eigenvalue weighted by Crippen LogP contribution is -2.38. The Balaban J connectivity index is 1.66. The second-order valence-electron chi connectivity index (χ2n) is 7.16. The lowest BCUT2D eigenvalue weighted by Gasteiger charge is -2.20. The molecule has 10 nitrogen and oxygen atoms in total. The molecule has 1 atom stereocenters. The van der Waals surface area contributed by atoms with E-state index in [2.05, 4.69) is 35.5 Å². The van der Waals surface area contributed by atoms with E-state index in [0.717, 1.165) is 0 Å². The van der Waals surface area contributed by atoms with Crippen LogP contribution in [0.15, 0.2) is 42.9 Å². The number of fused-ring (bicyclic) bond motifs is 1. The van der Waals surface area contributed by atoms with Crippen LogP contribution in [-0.4, -0.2) is 54.9 Å². The van der Waals surface area contributed by atoms with Gasteiger partial charge in [0.15, 0.2) is 11.5 Å². The van der Waals surface area contributed by atoms with Crippen LogP contribution >= 0.6 is 23.2 Å². The number of aromatic amines is 1. The van der Waals surface area contributed by atoms with E-state index in [1.54, 1.807) is 30.5 Å². The van der Waals surface area contributed by atoms with E-state index < -0.39 is 12.0 Å². The van der Waals surface area contributed by atoms with Gasteiger partial charge in [-0.2, -0.15) is 10.1 Å². The lowest BCUT2D eigenvalue weighted by molar-refractivity contribution is -0.126. The van der Waals surface area contributed by atoms with Crippen LogP contribution in [0.4, 0.5) is 5.82 Å². The van der Waals surface area contributed by atoms with Crippen molar-refractivity contribution in [3.8, 4) is 17.4 Å². The smallest absolute Gasteiger partial charge is 0.269 e. The van der Waals surface area contributed by atoms with E-state index in [4.69, 9.17) is 32.7 Å². The summed E-state index contributed by atoms with van der Waals surface area (Å²) in [6.07, 6.45) is 3.34. The number of amides is 1. The van der Waals surface area contributed by atoms with Gasteiger partial charge in [-0.25, -0.2) is 9.97 Å². The summed E-state index contributed by atoms with van der Waals surface area (Å²) in [6.45, 7) is 3.69. The minimum absolute atomic E-state index is 0.0277. The van der Waals surface area contributed by atoms with Crippen LogP contribution in [0.1, 0.15) is 13.8 Å². The van der Waals surface area contributed by atoms with Gasteiger partial charge in [0, 0.05) is 12.4 Å². The van der Waals surface area contributed by atoms with Gasteiger partial charge in [-0.1, -0.05) is 23.2 Å². The summed E-state index contributed by atoms with van der Waals surface area (Å²) in [7, 11) is 0. The Morgan fingerprint density at radius 2 is 2.00 bits per heavy atom. The zero-order valence-corrected chi connectivity index (χ0v) is 19.1. The molecule has 0 aliphatic heterocycles. The van der Waals surface area contributed by atoms with Crippen molar-refractivity contribution < 1.29 is 14.3 Å². The largest absolute Gasteiger partial charge is 0.461 e. The fourth-order valence-electron chi connectivity index (χ4n) is 2.79. The maximum atomic E-state index is 13.0. The number of aromatic nitrogens is 6. The number of nitrogens with one attached hydrogen (secondary N) is 2. The minimum Gasteiger partial charge on any atom is -0.461 e. The van der Waals surface area contributed by atoms with Crippen LogP contribution in [0, 0.1) is 0 Å². The molecule has 4 aromatic heterocycles. The molecule has 2 N–H and O–H groups in total. The van der Waals surface area contributed by atoms with Gasteiger partial charge in [0.25, 0.3) is 5.91 Å². The number of ether oxygens (including phenoxy) is 2. The molecule has 170 valence electrons. The lowest BCUT2D eigenvalue weighted by atomic mass is 10.3. The highest BCUT2D eigenvalue weighted by Crippen LogP contribution is 2.28. The molecule has 4 aromatic rings. The first kappa shape index (κ1) is 22.8. The average Bonchev–Trinajstić information content (AvgIpc) is 3.27. The number of hydrogen-bond acceptors (Lipinski definition) is 8. The number of nitrogens with zero attached hydrogens (tertiary/aromatic N) is 5. The fraction of sp³-hybridized carbons (Fsp3) is 0.238. The summed E-state index contributed by atoms with van der Waals surface area (Å²) in [4.78, 5) is 30.2. The molecule has 0 saturated heterocycles. The highest BCUT2D eigenvalue weighted by atomic mass is 35.5. The summed E-state index contributed by atoms with van der Waals surface area (Å²) >= 11 is 12.1. The zero-order chi connectivity index (χ0) is 23.4. The normalized spacial score (nSPS) is 12.2. The number of rotatable bonds is 8. The SMILES string of the molecule is CC(C)OC[C@H](Oc1nc(-c2ncccc2Cl)nc2[nH]ncc12)C(=O)Nc1ccc(Cl)cn1. The number of anilines is 1. The van der Waals surface area contributed by atoms with Gasteiger partial charge in [-0.3, -0.25) is 14.9 Å². The second kappa shape index (κ2) is 10.1. The van der Waals surface area contributed by atoms with Crippen molar-refractivity contribution in [3.63, 3.8) is 0 Å². The third kappa shape index (κ3) is 5.54. The number of hydrogen-bond donors (Lipinski definition) is 2. The third-order valence-corrected chi connectivity index (χ3v) is 4.88. The number of H-pyrrole nitrogens is 1. The topological polar surface area (TPSA) is 128 Å². The second-order valence-corrected chi connectivity index (χ2v) is 8.00. The van der Waals surface area contributed by atoms with Crippen molar-refractivity contribution in [3.05, 3.63) is 52.9 Å². The highest BCUT2D eigenvalue weighted by Gasteiger charge is 2.25. The van der Waals surface area contributed by atoms with Gasteiger partial charge in [-0.05, 0) is 38.1 Å². The molecule has 4 heterocycles. The first-order valence-electron chi connectivity index (χ1n) is 9.93. The molecular weight excluding hydrogens is 469 g/mol. The number of halogens is 2. The number of carbonyl (C=O) groups is 1. The molecule has 0 spiro atoms. The third-order valence-electron chi connectivity index (χ3n) is 4.35. The minimum atomic E-state index is -1.05. The highest BCUT2D eigenvalue weighted by molar-refractivity contribution is 6.32. The van der Waals surface area contributed by atoms with E-state index in [1.807, 2.05) is 13.8 Å². The molecule has 4 rings (SSSR count). The summed E-state index contributed by atoms with van der Waals surface area (Å²) in [5.41, 5.74) is 0.769. The Hall–Kier alpha value is -3.34. The molecule has 0 fully saturated rings. The van der Waals surface area contributed by atoms with Gasteiger partial charge >= 0.3 is 0 Å². The van der Waals surface area contributed by atoms with E-state index >= 15 is 0 Å². The Morgan fingerprint density at radius 1 is 1.15 bits per heavy atom. The van der Waals surface area contributed by atoms with E-state index in [9.17, 15) is 4.79 Å². The Bertz CT molecular complexity index is 1260. The molecule has 0 saturated carbocycles. The average molecular weight is 488 g/mol. The van der Waals surface area contributed by atoms with Crippen LogP contribution in [0.3, 0.4) is 0 Å². The molecule has 0 radical (unpaired) electrons. The van der Waals surface area contributed by atoms with E-state index in [-0.39, 0.29) is 24.4 Å². The fourth-order valence-corrected chi connectivity index (χ4v) is 3.11. The summed E-state index contributed by atoms with van der Waals surface area (Å²) < 4.78 is 11.7. The molecule has 1 amide bonds. The van der Waals surface area contributed by atoms with Crippen LogP contribution in [0.25, 0.3) is 22.6 Å². The van der Waals surface area contributed by atoms with Crippen molar-refractivity contribution in [1.82, 2.24) is 30.1 Å². The number of carbonyl (C=O) groups excluding carboxylic acids is 1. The van der Waals surface area contributed by atoms with Gasteiger partial charge in [0.05, 0.1) is 29.0 Å². The van der Waals surface area contributed by atoms with Gasteiger partial charge in [-0.15, -0.1) is 0 Å². The van der Waals surface area contributed by atoms with Crippen LogP contribution < -0.4 is 10.1 Å². The summed E-state index contributed by atoms with van der Waals surface area (Å²) in [5, 5.41) is 10.8. The van der Waals surface area contributed by atoms with E-state index in [1.165, 1.54) is 12.4 Å². The van der Waals surface area contributed by atoms with Crippen molar-refractivity contribution >= 4 is 46.0 Å². The molecule has 33 heavy (non-hydrogen) atoms. The first-order valence-corrected chi connectivity index (χ1v) is 10.7. The Kier molecular flexibility index (Phi) is 6.97. The van der Waals surface area contributed by atoms with Crippen molar-refractivity contribution in [2.24, 2.45) is 0 Å². The van der Waals surface area contributed by atoms with Crippen LogP contribution in [0.5, 0.6) is 5.88 Å². The first-order chi connectivity index (χ1) is 15.9. The van der Waals surface area contributed by atoms with Crippen LogP contribution in [0.2, 0.25) is 10.0 Å². The molecule has 0 aliphatic rings. The molecule has 0 aromatic carbocycles. The quantitative estimate of drug-likeness (QED) is 0.382. The molecule has 12 heteroatoms. The maximum Gasteiger partial charge on any atom is 0.269 e. The monoisotopic (exact) mass is 487 g/mol. The van der Waals surface area contributed by atoms with E-state index in [0.29, 0.717) is 32.6 Å². The molecule has 0 aliphatic carbocycles. The van der Waals surface area contributed by atoms with Gasteiger partial charge in [0.2, 0.25) is 12.0 Å². The summed E-state index contributed by atoms with van der Waals surface area (Å²) in [5.74, 6) is 0.190. The predicted octanol–water partition coefficient (Wildman–Crippen LogP) is 3.93. The Labute approximate surface area is 198 Å². The molecule has 0 unspecified atom stereocenters. The van der Waals surface area contributed by atoms with Crippen molar-refractivity contribution in [2.45, 2.75) is 26.1 Å². The maximum absolute atomic E-state index is 13.0. The van der Waals surface area contributed by atoms with Gasteiger partial charge < -0.3 is 14.8 Å². The summed E-state index contributed by atoms with van der Waals surface area (Å²) in [6, 6.07) is 6.58. The van der Waals surface area contributed by atoms with Crippen LogP contribution in [-0.2, 0) is 9.53 Å².